The molecule has 3 rings (SSSR count). The number of rotatable bonds is 3. The zero-order chi connectivity index (χ0) is 17.3. The van der Waals surface area contributed by atoms with Gasteiger partial charge in [0.25, 0.3) is 5.91 Å². The molecule has 24 heavy (non-hydrogen) atoms. The second-order valence-corrected chi connectivity index (χ2v) is 8.86. The second-order valence-electron chi connectivity index (χ2n) is 5.84. The molecule has 0 spiro atoms. The first kappa shape index (κ1) is 17.1. The first-order chi connectivity index (χ1) is 11.4. The fraction of sp³-hybridized carbons (Fsp3) is 0.353. The van der Waals surface area contributed by atoms with Gasteiger partial charge < -0.3 is 4.90 Å². The van der Waals surface area contributed by atoms with Crippen molar-refractivity contribution in [3.05, 3.63) is 51.7 Å². The lowest BCUT2D eigenvalue weighted by molar-refractivity contribution is 0.0697. The number of sulfonamides is 1. The Kier molecular flexibility index (Phi) is 4.76. The standard InChI is InChI=1S/C17H20N2O3S2/c1-13-14(2)23-12-16(13)17(20)18-8-10-19(11-9-18)24(21,22)15-6-4-3-5-7-15/h3-7,12H,8-11H2,1-2H3. The van der Waals surface area contributed by atoms with Crippen molar-refractivity contribution in [3.63, 3.8) is 0 Å². The van der Waals surface area contributed by atoms with Gasteiger partial charge in [0.05, 0.1) is 10.5 Å². The zero-order valence-electron chi connectivity index (χ0n) is 13.7. The largest absolute Gasteiger partial charge is 0.336 e. The minimum atomic E-state index is -3.48. The Morgan fingerprint density at radius 3 is 2.21 bits per heavy atom. The monoisotopic (exact) mass is 364 g/mol. The molecule has 0 bridgehead atoms. The SMILES string of the molecule is Cc1scc(C(=O)N2CCN(S(=O)(=O)c3ccccc3)CC2)c1C. The third-order valence-electron chi connectivity index (χ3n) is 4.42. The molecule has 1 aromatic carbocycles. The third kappa shape index (κ3) is 3.11. The molecule has 0 N–H and O–H groups in total. The molecule has 1 fully saturated rings. The maximum Gasteiger partial charge on any atom is 0.255 e. The minimum absolute atomic E-state index is 0.00592. The van der Waals surface area contributed by atoms with Crippen molar-refractivity contribution in [1.82, 2.24) is 9.21 Å². The summed E-state index contributed by atoms with van der Waals surface area (Å²) in [5, 5.41) is 1.89. The Labute approximate surface area is 146 Å². The molecule has 0 atom stereocenters. The molecule has 7 heteroatoms. The molecular weight excluding hydrogens is 344 g/mol. The van der Waals surface area contributed by atoms with Crippen molar-refractivity contribution in [2.45, 2.75) is 18.7 Å². The topological polar surface area (TPSA) is 57.7 Å². The number of thiophene rings is 1. The van der Waals surface area contributed by atoms with Gasteiger partial charge in [0, 0.05) is 36.4 Å². The first-order valence-corrected chi connectivity index (χ1v) is 10.1. The van der Waals surface area contributed by atoms with Crippen LogP contribution in [-0.4, -0.2) is 49.7 Å². The van der Waals surface area contributed by atoms with E-state index < -0.39 is 10.0 Å². The molecule has 5 nitrogen and oxygen atoms in total. The molecule has 0 radical (unpaired) electrons. The van der Waals surface area contributed by atoms with E-state index in [-0.39, 0.29) is 5.91 Å². The summed E-state index contributed by atoms with van der Waals surface area (Å²) in [6, 6.07) is 8.43. The van der Waals surface area contributed by atoms with Crippen molar-refractivity contribution in [3.8, 4) is 0 Å². The van der Waals surface area contributed by atoms with Gasteiger partial charge in [-0.15, -0.1) is 11.3 Å². The number of hydrogen-bond donors (Lipinski definition) is 0. The molecule has 1 saturated heterocycles. The molecule has 0 aliphatic carbocycles. The zero-order valence-corrected chi connectivity index (χ0v) is 15.4. The van der Waals surface area contributed by atoms with Crippen LogP contribution in [0.5, 0.6) is 0 Å². The normalized spacial score (nSPS) is 16.3. The lowest BCUT2D eigenvalue weighted by atomic mass is 10.1. The number of amides is 1. The van der Waals surface area contributed by atoms with Gasteiger partial charge in [-0.3, -0.25) is 4.79 Å². The van der Waals surface area contributed by atoms with E-state index in [1.807, 2.05) is 19.2 Å². The number of carbonyl (C=O) groups excluding carboxylic acids is 1. The predicted octanol–water partition coefficient (Wildman–Crippen LogP) is 2.51. The highest BCUT2D eigenvalue weighted by molar-refractivity contribution is 7.89. The number of aryl methyl sites for hydroxylation is 1. The molecule has 128 valence electrons. The van der Waals surface area contributed by atoms with E-state index >= 15 is 0 Å². The Balaban J connectivity index is 1.70. The average molecular weight is 364 g/mol. The van der Waals surface area contributed by atoms with Crippen LogP contribution in [0, 0.1) is 13.8 Å². The van der Waals surface area contributed by atoms with Gasteiger partial charge in [0.2, 0.25) is 10.0 Å². The van der Waals surface area contributed by atoms with Crippen LogP contribution >= 0.6 is 11.3 Å². The quantitative estimate of drug-likeness (QED) is 0.841. The molecule has 0 unspecified atom stereocenters. The summed E-state index contributed by atoms with van der Waals surface area (Å²) in [7, 11) is -3.48. The van der Waals surface area contributed by atoms with E-state index in [0.717, 1.165) is 16.0 Å². The van der Waals surface area contributed by atoms with Crippen LogP contribution in [0.25, 0.3) is 0 Å². The number of piperazine rings is 1. The lowest BCUT2D eigenvalue weighted by Crippen LogP contribution is -2.50. The van der Waals surface area contributed by atoms with Gasteiger partial charge in [-0.2, -0.15) is 4.31 Å². The van der Waals surface area contributed by atoms with Crippen molar-refractivity contribution in [2.24, 2.45) is 0 Å². The molecule has 2 aromatic rings. The fourth-order valence-electron chi connectivity index (χ4n) is 2.77. The third-order valence-corrected chi connectivity index (χ3v) is 7.35. The Bertz CT molecular complexity index is 836. The van der Waals surface area contributed by atoms with Crippen LogP contribution in [0.1, 0.15) is 20.8 Å². The highest BCUT2D eigenvalue weighted by Gasteiger charge is 2.30. The Hall–Kier alpha value is -1.70. The molecule has 2 heterocycles. The molecular formula is C17H20N2O3S2. The summed E-state index contributed by atoms with van der Waals surface area (Å²) >= 11 is 1.57. The van der Waals surface area contributed by atoms with Gasteiger partial charge in [-0.05, 0) is 31.5 Å². The molecule has 1 aromatic heterocycles. The maximum absolute atomic E-state index is 12.6. The number of carbonyl (C=O) groups is 1. The smallest absolute Gasteiger partial charge is 0.255 e. The summed E-state index contributed by atoms with van der Waals surface area (Å²) in [5.74, 6) is -0.00592. The van der Waals surface area contributed by atoms with Crippen molar-refractivity contribution < 1.29 is 13.2 Å². The second kappa shape index (κ2) is 6.66. The van der Waals surface area contributed by atoms with Crippen LogP contribution in [0.2, 0.25) is 0 Å². The van der Waals surface area contributed by atoms with Gasteiger partial charge in [-0.25, -0.2) is 8.42 Å². The van der Waals surface area contributed by atoms with Crippen LogP contribution in [-0.2, 0) is 10.0 Å². The summed E-state index contributed by atoms with van der Waals surface area (Å²) < 4.78 is 26.7. The van der Waals surface area contributed by atoms with E-state index in [0.29, 0.717) is 31.1 Å². The van der Waals surface area contributed by atoms with Crippen LogP contribution in [0.15, 0.2) is 40.6 Å². The fourth-order valence-corrected chi connectivity index (χ4v) is 5.07. The Morgan fingerprint density at radius 2 is 1.67 bits per heavy atom. The van der Waals surface area contributed by atoms with Crippen LogP contribution in [0.4, 0.5) is 0 Å². The number of nitrogens with zero attached hydrogens (tertiary/aromatic N) is 2. The first-order valence-electron chi connectivity index (χ1n) is 7.80. The highest BCUT2D eigenvalue weighted by atomic mass is 32.2. The van der Waals surface area contributed by atoms with E-state index in [1.54, 1.807) is 46.6 Å². The van der Waals surface area contributed by atoms with Gasteiger partial charge >= 0.3 is 0 Å². The van der Waals surface area contributed by atoms with Crippen molar-refractivity contribution >= 4 is 27.3 Å². The number of hydrogen-bond acceptors (Lipinski definition) is 4. The van der Waals surface area contributed by atoms with E-state index in [2.05, 4.69) is 0 Å². The van der Waals surface area contributed by atoms with E-state index in [4.69, 9.17) is 0 Å². The molecule has 1 aliphatic rings. The van der Waals surface area contributed by atoms with Gasteiger partial charge in [0.15, 0.2) is 0 Å². The molecule has 1 aliphatic heterocycles. The average Bonchev–Trinajstić information content (AvgIpc) is 2.94. The van der Waals surface area contributed by atoms with Crippen molar-refractivity contribution in [1.29, 1.82) is 0 Å². The summed E-state index contributed by atoms with van der Waals surface area (Å²) in [5.41, 5.74) is 1.75. The highest BCUT2D eigenvalue weighted by Crippen LogP contribution is 2.23. The van der Waals surface area contributed by atoms with Gasteiger partial charge in [-0.1, -0.05) is 18.2 Å². The Morgan fingerprint density at radius 1 is 1.04 bits per heavy atom. The van der Waals surface area contributed by atoms with Crippen LogP contribution in [0.3, 0.4) is 0 Å². The van der Waals surface area contributed by atoms with Crippen molar-refractivity contribution in [2.75, 3.05) is 26.2 Å². The summed E-state index contributed by atoms with van der Waals surface area (Å²) in [4.78, 5) is 15.8. The van der Waals surface area contributed by atoms with E-state index in [1.165, 1.54) is 4.31 Å². The summed E-state index contributed by atoms with van der Waals surface area (Å²) in [6.07, 6.45) is 0. The summed E-state index contributed by atoms with van der Waals surface area (Å²) in [6.45, 7) is 5.44. The number of benzene rings is 1. The predicted molar refractivity (Wildman–Crippen MR) is 94.9 cm³/mol. The lowest BCUT2D eigenvalue weighted by Gasteiger charge is -2.34. The van der Waals surface area contributed by atoms with Gasteiger partial charge in [0.1, 0.15) is 0 Å². The van der Waals surface area contributed by atoms with E-state index in [9.17, 15) is 13.2 Å². The minimum Gasteiger partial charge on any atom is -0.336 e. The molecule has 1 amide bonds. The van der Waals surface area contributed by atoms with Crippen LogP contribution < -0.4 is 0 Å². The maximum atomic E-state index is 12.6. The molecule has 0 saturated carbocycles.